The molecule has 118 valence electrons. The van der Waals surface area contributed by atoms with Gasteiger partial charge in [-0.1, -0.05) is 24.3 Å². The second-order valence-electron chi connectivity index (χ2n) is 6.10. The molecule has 0 spiro atoms. The molecule has 21 heavy (non-hydrogen) atoms. The Labute approximate surface area is 127 Å². The predicted octanol–water partition coefficient (Wildman–Crippen LogP) is 2.13. The molecule has 0 aromatic heterocycles. The highest BCUT2D eigenvalue weighted by Crippen LogP contribution is 2.31. The molecular formula is C16H25NO3S. The summed E-state index contributed by atoms with van der Waals surface area (Å²) in [5.74, 6) is 0.418. The maximum absolute atomic E-state index is 11.7. The maximum Gasteiger partial charge on any atom is 0.211 e. The average Bonchev–Trinajstić information content (AvgIpc) is 2.45. The van der Waals surface area contributed by atoms with E-state index in [2.05, 4.69) is 19.1 Å². The molecule has 1 aliphatic heterocycles. The van der Waals surface area contributed by atoms with Crippen molar-refractivity contribution in [2.75, 3.05) is 26.0 Å². The Morgan fingerprint density at radius 3 is 2.71 bits per heavy atom. The highest BCUT2D eigenvalue weighted by Gasteiger charge is 2.28. The summed E-state index contributed by atoms with van der Waals surface area (Å²) < 4.78 is 25.0. The molecular weight excluding hydrogens is 286 g/mol. The summed E-state index contributed by atoms with van der Waals surface area (Å²) in [5.41, 5.74) is 2.36. The van der Waals surface area contributed by atoms with Crippen molar-refractivity contribution in [1.29, 1.82) is 0 Å². The van der Waals surface area contributed by atoms with E-state index in [9.17, 15) is 13.5 Å². The quantitative estimate of drug-likeness (QED) is 0.906. The summed E-state index contributed by atoms with van der Waals surface area (Å²) in [6.45, 7) is 3.38. The number of aliphatic hydroxyl groups is 1. The van der Waals surface area contributed by atoms with Crippen LogP contribution in [-0.4, -0.2) is 43.8 Å². The van der Waals surface area contributed by atoms with Crippen molar-refractivity contribution in [2.24, 2.45) is 5.92 Å². The van der Waals surface area contributed by atoms with E-state index in [1.54, 1.807) is 4.31 Å². The molecule has 1 aromatic rings. The molecule has 4 nitrogen and oxygen atoms in total. The molecule has 0 saturated carbocycles. The Balaban J connectivity index is 2.07. The Bertz CT molecular complexity index is 571. The molecule has 2 rings (SSSR count). The minimum absolute atomic E-state index is 0.0933. The van der Waals surface area contributed by atoms with E-state index < -0.39 is 10.0 Å². The van der Waals surface area contributed by atoms with Crippen LogP contribution in [0.5, 0.6) is 0 Å². The number of piperidine rings is 1. The number of aryl methyl sites for hydroxylation is 1. The minimum Gasteiger partial charge on any atom is -0.396 e. The molecule has 5 heteroatoms. The molecule has 2 atom stereocenters. The number of hydrogen-bond acceptors (Lipinski definition) is 3. The van der Waals surface area contributed by atoms with Crippen molar-refractivity contribution in [1.82, 2.24) is 4.31 Å². The summed E-state index contributed by atoms with van der Waals surface area (Å²) >= 11 is 0. The Kier molecular flexibility index (Phi) is 5.41. The van der Waals surface area contributed by atoms with Crippen LogP contribution in [-0.2, 0) is 10.0 Å². The largest absolute Gasteiger partial charge is 0.396 e. The van der Waals surface area contributed by atoms with Crippen LogP contribution in [0.25, 0.3) is 0 Å². The number of aliphatic hydroxyl groups excluding tert-OH is 1. The van der Waals surface area contributed by atoms with Gasteiger partial charge in [0, 0.05) is 25.6 Å². The van der Waals surface area contributed by atoms with Crippen molar-refractivity contribution in [3.05, 3.63) is 35.4 Å². The van der Waals surface area contributed by atoms with Gasteiger partial charge in [0.25, 0.3) is 0 Å². The van der Waals surface area contributed by atoms with E-state index in [0.29, 0.717) is 19.0 Å². The zero-order valence-electron chi connectivity index (χ0n) is 12.8. The summed E-state index contributed by atoms with van der Waals surface area (Å²) in [5, 5.41) is 9.73. The third-order valence-corrected chi connectivity index (χ3v) is 5.69. The highest BCUT2D eigenvalue weighted by atomic mass is 32.2. The fraction of sp³-hybridized carbons (Fsp3) is 0.625. The third-order valence-electron chi connectivity index (χ3n) is 4.42. The van der Waals surface area contributed by atoms with E-state index >= 15 is 0 Å². The lowest BCUT2D eigenvalue weighted by atomic mass is 9.84. The first kappa shape index (κ1) is 16.5. The first-order valence-corrected chi connectivity index (χ1v) is 9.38. The lowest BCUT2D eigenvalue weighted by Gasteiger charge is -2.33. The smallest absolute Gasteiger partial charge is 0.211 e. The maximum atomic E-state index is 11.7. The van der Waals surface area contributed by atoms with E-state index in [1.165, 1.54) is 17.4 Å². The van der Waals surface area contributed by atoms with Crippen molar-refractivity contribution in [2.45, 2.75) is 32.1 Å². The molecule has 1 saturated heterocycles. The van der Waals surface area contributed by atoms with Crippen LogP contribution in [0, 0.1) is 12.8 Å². The van der Waals surface area contributed by atoms with Gasteiger partial charge in [0.15, 0.2) is 0 Å². The lowest BCUT2D eigenvalue weighted by molar-refractivity contribution is 0.205. The van der Waals surface area contributed by atoms with Gasteiger partial charge in [-0.15, -0.1) is 0 Å². The van der Waals surface area contributed by atoms with E-state index in [0.717, 1.165) is 19.3 Å². The topological polar surface area (TPSA) is 57.6 Å². The van der Waals surface area contributed by atoms with Crippen molar-refractivity contribution < 1.29 is 13.5 Å². The highest BCUT2D eigenvalue weighted by molar-refractivity contribution is 7.88. The van der Waals surface area contributed by atoms with E-state index in [4.69, 9.17) is 0 Å². The number of benzene rings is 1. The van der Waals surface area contributed by atoms with Gasteiger partial charge in [-0.2, -0.15) is 0 Å². The molecule has 0 bridgehead atoms. The summed E-state index contributed by atoms with van der Waals surface area (Å²) in [7, 11) is -3.10. The Morgan fingerprint density at radius 2 is 2.10 bits per heavy atom. The normalized spacial score (nSPS) is 22.1. The second-order valence-corrected chi connectivity index (χ2v) is 8.08. The van der Waals surface area contributed by atoms with Gasteiger partial charge in [-0.3, -0.25) is 0 Å². The van der Waals surface area contributed by atoms with Gasteiger partial charge < -0.3 is 5.11 Å². The summed E-state index contributed by atoms with van der Waals surface area (Å²) in [6.07, 6.45) is 4.06. The number of nitrogens with zero attached hydrogens (tertiary/aromatic N) is 1. The fourth-order valence-corrected chi connectivity index (χ4v) is 4.21. The Hall–Kier alpha value is -0.910. The molecule has 1 heterocycles. The third kappa shape index (κ3) is 4.28. The van der Waals surface area contributed by atoms with Gasteiger partial charge in [0.05, 0.1) is 6.26 Å². The average molecular weight is 311 g/mol. The standard InChI is InChI=1S/C16H25NO3S/c1-13-6-3-4-8-16(13)15(12-18)10-14-7-5-9-17(11-14)21(2,19)20/h3-4,6,8,14-15,18H,5,7,9-12H2,1-2H3. The zero-order valence-corrected chi connectivity index (χ0v) is 13.6. The van der Waals surface area contributed by atoms with Crippen LogP contribution in [0.3, 0.4) is 0 Å². The van der Waals surface area contributed by atoms with Crippen molar-refractivity contribution >= 4 is 10.0 Å². The lowest BCUT2D eigenvalue weighted by Crippen LogP contribution is -2.39. The Morgan fingerprint density at radius 1 is 1.38 bits per heavy atom. The van der Waals surface area contributed by atoms with Gasteiger partial charge in [-0.05, 0) is 43.2 Å². The molecule has 1 fully saturated rings. The first-order chi connectivity index (χ1) is 9.91. The zero-order chi connectivity index (χ0) is 15.5. The number of hydrogen-bond donors (Lipinski definition) is 1. The molecule has 0 amide bonds. The summed E-state index contributed by atoms with van der Waals surface area (Å²) in [4.78, 5) is 0. The minimum atomic E-state index is -3.10. The number of rotatable bonds is 5. The molecule has 0 aliphatic carbocycles. The molecule has 1 aliphatic rings. The predicted molar refractivity (Wildman–Crippen MR) is 84.8 cm³/mol. The molecule has 0 radical (unpaired) electrons. The van der Waals surface area contributed by atoms with Gasteiger partial charge >= 0.3 is 0 Å². The molecule has 1 aromatic carbocycles. The fourth-order valence-electron chi connectivity index (χ4n) is 3.27. The van der Waals surface area contributed by atoms with Gasteiger partial charge in [-0.25, -0.2) is 12.7 Å². The second kappa shape index (κ2) is 6.90. The number of sulfonamides is 1. The molecule has 1 N–H and O–H groups in total. The van der Waals surface area contributed by atoms with Crippen molar-refractivity contribution in [3.63, 3.8) is 0 Å². The molecule has 2 unspecified atom stereocenters. The van der Waals surface area contributed by atoms with Crippen LogP contribution in [0.4, 0.5) is 0 Å². The van der Waals surface area contributed by atoms with Crippen LogP contribution in [0.1, 0.15) is 36.3 Å². The van der Waals surface area contributed by atoms with E-state index in [1.807, 2.05) is 12.1 Å². The van der Waals surface area contributed by atoms with Crippen molar-refractivity contribution in [3.8, 4) is 0 Å². The SMILES string of the molecule is Cc1ccccc1C(CO)CC1CCCN(S(C)(=O)=O)C1. The monoisotopic (exact) mass is 311 g/mol. The van der Waals surface area contributed by atoms with Crippen LogP contribution >= 0.6 is 0 Å². The first-order valence-electron chi connectivity index (χ1n) is 7.53. The van der Waals surface area contributed by atoms with Crippen LogP contribution < -0.4 is 0 Å². The summed E-state index contributed by atoms with van der Waals surface area (Å²) in [6, 6.07) is 8.11. The van der Waals surface area contributed by atoms with Crippen LogP contribution in [0.15, 0.2) is 24.3 Å². The van der Waals surface area contributed by atoms with Gasteiger partial charge in [0.2, 0.25) is 10.0 Å². The van der Waals surface area contributed by atoms with E-state index in [-0.39, 0.29) is 12.5 Å². The van der Waals surface area contributed by atoms with Gasteiger partial charge in [0.1, 0.15) is 0 Å². The van der Waals surface area contributed by atoms with Crippen LogP contribution in [0.2, 0.25) is 0 Å².